The van der Waals surface area contributed by atoms with E-state index in [0.717, 1.165) is 18.3 Å². The minimum atomic E-state index is -4.46. The molecule has 0 aliphatic carbocycles. The van der Waals surface area contributed by atoms with Gasteiger partial charge in [0.15, 0.2) is 0 Å². The number of guanidine groups is 1. The van der Waals surface area contributed by atoms with E-state index in [2.05, 4.69) is 10.2 Å². The van der Waals surface area contributed by atoms with Gasteiger partial charge in [-0.05, 0) is 23.8 Å². The summed E-state index contributed by atoms with van der Waals surface area (Å²) in [6, 6.07) is 3.17. The zero-order chi connectivity index (χ0) is 13.8. The zero-order valence-corrected chi connectivity index (χ0v) is 9.40. The quantitative estimate of drug-likeness (QED) is 0.488. The Hall–Kier alpha value is -2.25. The zero-order valence-electron chi connectivity index (χ0n) is 9.40. The Bertz CT molecular complexity index is 479. The largest absolute Gasteiger partial charge is 0.497 e. The highest BCUT2D eigenvalue weighted by Crippen LogP contribution is 2.32. The number of ether oxygens (including phenoxy) is 1. The third kappa shape index (κ3) is 3.96. The van der Waals surface area contributed by atoms with Crippen LogP contribution in [0, 0.1) is 0 Å². The lowest BCUT2D eigenvalue weighted by Crippen LogP contribution is -2.21. The van der Waals surface area contributed by atoms with Crippen molar-refractivity contribution in [3.05, 3.63) is 29.3 Å². The summed E-state index contributed by atoms with van der Waals surface area (Å²) in [4.78, 5) is 0. The molecule has 0 aromatic heterocycles. The predicted octanol–water partition coefficient (Wildman–Crippen LogP) is 1.32. The first-order valence-corrected chi connectivity index (χ1v) is 4.71. The number of alkyl halides is 3. The van der Waals surface area contributed by atoms with E-state index in [0.29, 0.717) is 0 Å². The number of halogens is 3. The Kier molecular flexibility index (Phi) is 4.13. The van der Waals surface area contributed by atoms with Crippen LogP contribution in [0.3, 0.4) is 0 Å². The molecule has 8 heteroatoms. The molecular weight excluding hydrogens is 249 g/mol. The van der Waals surface area contributed by atoms with E-state index in [4.69, 9.17) is 16.2 Å². The molecule has 0 unspecified atom stereocenters. The van der Waals surface area contributed by atoms with E-state index < -0.39 is 11.7 Å². The number of nitrogens with zero attached hydrogens (tertiary/aromatic N) is 2. The lowest BCUT2D eigenvalue weighted by atomic mass is 10.1. The summed E-state index contributed by atoms with van der Waals surface area (Å²) in [7, 11) is 1.27. The van der Waals surface area contributed by atoms with Crippen molar-refractivity contribution in [2.45, 2.75) is 6.18 Å². The maximum absolute atomic E-state index is 12.6. The standard InChI is InChI=1S/C10H11F3N4O/c1-18-8-3-6(5-16-17-9(14)15)2-7(4-8)10(11,12)13/h2-5H,1H3,(H4,14,15,17). The summed E-state index contributed by atoms with van der Waals surface area (Å²) < 4.78 is 42.5. The maximum atomic E-state index is 12.6. The van der Waals surface area contributed by atoms with Crippen molar-refractivity contribution < 1.29 is 17.9 Å². The highest BCUT2D eigenvalue weighted by Gasteiger charge is 2.31. The number of methoxy groups -OCH3 is 1. The SMILES string of the molecule is COc1cc(C=NN=C(N)N)cc(C(F)(F)F)c1. The highest BCUT2D eigenvalue weighted by atomic mass is 19.4. The Labute approximate surface area is 101 Å². The Morgan fingerprint density at radius 2 is 1.94 bits per heavy atom. The van der Waals surface area contributed by atoms with E-state index >= 15 is 0 Å². The van der Waals surface area contributed by atoms with Crippen LogP contribution in [0.5, 0.6) is 5.75 Å². The molecule has 98 valence electrons. The summed E-state index contributed by atoms with van der Waals surface area (Å²) in [6.45, 7) is 0. The molecule has 0 atom stereocenters. The molecule has 0 saturated carbocycles. The number of benzene rings is 1. The molecule has 0 heterocycles. The second-order valence-electron chi connectivity index (χ2n) is 3.26. The lowest BCUT2D eigenvalue weighted by Gasteiger charge is -2.09. The van der Waals surface area contributed by atoms with Crippen molar-refractivity contribution in [2.24, 2.45) is 21.7 Å². The monoisotopic (exact) mass is 260 g/mol. The molecule has 4 N–H and O–H groups in total. The number of hydrogen-bond acceptors (Lipinski definition) is 3. The van der Waals surface area contributed by atoms with Crippen LogP contribution in [0.15, 0.2) is 28.4 Å². The lowest BCUT2D eigenvalue weighted by molar-refractivity contribution is -0.137. The highest BCUT2D eigenvalue weighted by molar-refractivity contribution is 5.82. The number of rotatable bonds is 3. The molecule has 0 aliphatic rings. The van der Waals surface area contributed by atoms with Crippen molar-refractivity contribution in [3.8, 4) is 5.75 Å². The van der Waals surface area contributed by atoms with E-state index in [1.54, 1.807) is 0 Å². The van der Waals surface area contributed by atoms with Crippen molar-refractivity contribution in [1.29, 1.82) is 0 Å². The average molecular weight is 260 g/mol. The Morgan fingerprint density at radius 3 is 2.44 bits per heavy atom. The minimum absolute atomic E-state index is 0.0657. The summed E-state index contributed by atoms with van der Waals surface area (Å²) >= 11 is 0. The van der Waals surface area contributed by atoms with Gasteiger partial charge in [0.1, 0.15) is 5.75 Å². The minimum Gasteiger partial charge on any atom is -0.497 e. The molecule has 0 amide bonds. The van der Waals surface area contributed by atoms with Crippen LogP contribution in [0.2, 0.25) is 0 Å². The average Bonchev–Trinajstić information content (AvgIpc) is 2.27. The molecule has 5 nitrogen and oxygen atoms in total. The molecule has 0 aliphatic heterocycles. The molecule has 1 rings (SSSR count). The Balaban J connectivity index is 3.13. The maximum Gasteiger partial charge on any atom is 0.416 e. The van der Waals surface area contributed by atoms with Gasteiger partial charge in [-0.3, -0.25) is 0 Å². The smallest absolute Gasteiger partial charge is 0.416 e. The van der Waals surface area contributed by atoms with Crippen molar-refractivity contribution >= 4 is 12.2 Å². The third-order valence-electron chi connectivity index (χ3n) is 1.87. The van der Waals surface area contributed by atoms with Crippen LogP contribution >= 0.6 is 0 Å². The van der Waals surface area contributed by atoms with Crippen LogP contribution in [-0.2, 0) is 6.18 Å². The second-order valence-corrected chi connectivity index (χ2v) is 3.26. The van der Waals surface area contributed by atoms with Gasteiger partial charge in [0.05, 0.1) is 18.9 Å². The molecule has 0 bridgehead atoms. The van der Waals surface area contributed by atoms with Gasteiger partial charge in [-0.15, -0.1) is 5.10 Å². The van der Waals surface area contributed by atoms with Crippen molar-refractivity contribution in [2.75, 3.05) is 7.11 Å². The number of hydrogen-bond donors (Lipinski definition) is 2. The topological polar surface area (TPSA) is 86.0 Å². The fourth-order valence-electron chi connectivity index (χ4n) is 1.14. The van der Waals surface area contributed by atoms with E-state index in [9.17, 15) is 13.2 Å². The van der Waals surface area contributed by atoms with Gasteiger partial charge in [-0.25, -0.2) is 0 Å². The van der Waals surface area contributed by atoms with Gasteiger partial charge in [0, 0.05) is 0 Å². The predicted molar refractivity (Wildman–Crippen MR) is 61.4 cm³/mol. The van der Waals surface area contributed by atoms with Crippen LogP contribution < -0.4 is 16.2 Å². The number of nitrogens with two attached hydrogens (primary N) is 2. The van der Waals surface area contributed by atoms with Crippen LogP contribution in [0.1, 0.15) is 11.1 Å². The molecule has 0 saturated heterocycles. The molecule has 0 radical (unpaired) electrons. The van der Waals surface area contributed by atoms with Crippen molar-refractivity contribution in [1.82, 2.24) is 0 Å². The van der Waals surface area contributed by atoms with Crippen LogP contribution in [-0.4, -0.2) is 19.3 Å². The van der Waals surface area contributed by atoms with E-state index in [1.165, 1.54) is 13.2 Å². The van der Waals surface area contributed by atoms with Gasteiger partial charge in [0.2, 0.25) is 5.96 Å². The van der Waals surface area contributed by atoms with E-state index in [1.807, 2.05) is 0 Å². The molecule has 1 aromatic carbocycles. The fourth-order valence-corrected chi connectivity index (χ4v) is 1.14. The third-order valence-corrected chi connectivity index (χ3v) is 1.87. The summed E-state index contributed by atoms with van der Waals surface area (Å²) in [5.74, 6) is -0.221. The fraction of sp³-hybridized carbons (Fsp3) is 0.200. The van der Waals surface area contributed by atoms with Gasteiger partial charge in [-0.2, -0.15) is 18.3 Å². The molecule has 1 aromatic rings. The first-order valence-electron chi connectivity index (χ1n) is 4.71. The van der Waals surface area contributed by atoms with Gasteiger partial charge in [0.25, 0.3) is 0 Å². The molecule has 18 heavy (non-hydrogen) atoms. The Morgan fingerprint density at radius 1 is 1.28 bits per heavy atom. The first-order chi connectivity index (χ1) is 8.32. The normalized spacial score (nSPS) is 11.6. The summed E-state index contributed by atoms with van der Waals surface area (Å²) in [5.41, 5.74) is 9.38. The van der Waals surface area contributed by atoms with Crippen LogP contribution in [0.25, 0.3) is 0 Å². The molecule has 0 spiro atoms. The summed E-state index contributed by atoms with van der Waals surface area (Å²) in [6.07, 6.45) is -3.37. The first kappa shape index (κ1) is 13.8. The van der Waals surface area contributed by atoms with Gasteiger partial charge in [-0.1, -0.05) is 0 Å². The van der Waals surface area contributed by atoms with Gasteiger partial charge >= 0.3 is 6.18 Å². The molecular formula is C10H11F3N4O. The van der Waals surface area contributed by atoms with Crippen molar-refractivity contribution in [3.63, 3.8) is 0 Å². The molecule has 0 fully saturated rings. The van der Waals surface area contributed by atoms with E-state index in [-0.39, 0.29) is 17.3 Å². The summed E-state index contributed by atoms with van der Waals surface area (Å²) in [5, 5.41) is 6.72. The van der Waals surface area contributed by atoms with Crippen LogP contribution in [0.4, 0.5) is 13.2 Å². The van der Waals surface area contributed by atoms with Gasteiger partial charge < -0.3 is 16.2 Å². The second kappa shape index (κ2) is 5.39.